The Bertz CT molecular complexity index is 585. The molecule has 1 rings (SSSR count). The van der Waals surface area contributed by atoms with Gasteiger partial charge in [-0.15, -0.1) is 0 Å². The molecule has 0 heterocycles. The van der Waals surface area contributed by atoms with E-state index < -0.39 is 11.9 Å². The summed E-state index contributed by atoms with van der Waals surface area (Å²) in [5.74, 6) is 0.909. The minimum atomic E-state index is -0.456. The first-order valence-corrected chi connectivity index (χ1v) is 11.7. The van der Waals surface area contributed by atoms with Crippen LogP contribution in [-0.2, 0) is 9.47 Å². The van der Waals surface area contributed by atoms with Crippen LogP contribution in [0.3, 0.4) is 0 Å². The molecule has 0 aliphatic heterocycles. The Morgan fingerprint density at radius 3 is 1.40 bits per heavy atom. The van der Waals surface area contributed by atoms with Crippen LogP contribution in [0.1, 0.15) is 101 Å². The second-order valence-electron chi connectivity index (χ2n) is 9.21. The summed E-state index contributed by atoms with van der Waals surface area (Å²) >= 11 is 0. The summed E-state index contributed by atoms with van der Waals surface area (Å²) in [5.41, 5.74) is 0.562. The monoisotopic (exact) mass is 418 g/mol. The van der Waals surface area contributed by atoms with Gasteiger partial charge >= 0.3 is 11.9 Å². The van der Waals surface area contributed by atoms with E-state index in [1.165, 1.54) is 25.7 Å². The van der Waals surface area contributed by atoms with Crippen molar-refractivity contribution in [2.24, 2.45) is 23.7 Å². The van der Waals surface area contributed by atoms with Gasteiger partial charge in [0.25, 0.3) is 0 Å². The number of hydrogen-bond acceptors (Lipinski definition) is 4. The van der Waals surface area contributed by atoms with Crippen LogP contribution in [0.25, 0.3) is 0 Å². The number of hydrogen-bond donors (Lipinski definition) is 0. The van der Waals surface area contributed by atoms with E-state index in [-0.39, 0.29) is 11.1 Å². The Morgan fingerprint density at radius 2 is 1.07 bits per heavy atom. The maximum Gasteiger partial charge on any atom is 0.339 e. The molecule has 30 heavy (non-hydrogen) atoms. The van der Waals surface area contributed by atoms with Gasteiger partial charge in [-0.1, -0.05) is 79.4 Å². The second-order valence-corrected chi connectivity index (χ2v) is 9.21. The van der Waals surface area contributed by atoms with Crippen LogP contribution >= 0.6 is 0 Å². The van der Waals surface area contributed by atoms with E-state index >= 15 is 0 Å². The molecular weight excluding hydrogens is 376 g/mol. The molecule has 1 aromatic carbocycles. The molecule has 0 saturated heterocycles. The highest BCUT2D eigenvalue weighted by molar-refractivity contribution is 6.03. The minimum absolute atomic E-state index is 0.281. The fraction of sp³-hybridized carbons (Fsp3) is 0.692. The maximum absolute atomic E-state index is 12.6. The molecule has 0 bridgehead atoms. The molecule has 0 saturated carbocycles. The van der Waals surface area contributed by atoms with Gasteiger partial charge < -0.3 is 9.47 Å². The summed E-state index contributed by atoms with van der Waals surface area (Å²) in [4.78, 5) is 25.2. The standard InChI is InChI=1S/C26H42O4/c1-7-11-19(3)15-21(5)17-29-25(27)23-13-9-10-14-24(23)26(28)30-18-22(6)16-20(4)12-8-2/h9-10,13-14,19-22H,7-8,11-12,15-18H2,1-6H3. The lowest BCUT2D eigenvalue weighted by atomic mass is 9.94. The predicted molar refractivity (Wildman–Crippen MR) is 123 cm³/mol. The van der Waals surface area contributed by atoms with E-state index in [4.69, 9.17) is 9.47 Å². The Labute approximate surface area is 183 Å². The maximum atomic E-state index is 12.6. The molecule has 0 radical (unpaired) electrons. The van der Waals surface area contributed by atoms with Gasteiger partial charge in [0, 0.05) is 0 Å². The Balaban J connectivity index is 2.61. The number of esters is 2. The van der Waals surface area contributed by atoms with Gasteiger partial charge in [-0.05, 0) is 48.6 Å². The number of rotatable bonds is 14. The fourth-order valence-corrected chi connectivity index (χ4v) is 4.16. The molecule has 4 heteroatoms. The molecule has 4 atom stereocenters. The average molecular weight is 419 g/mol. The van der Waals surface area contributed by atoms with Crippen molar-refractivity contribution in [3.63, 3.8) is 0 Å². The van der Waals surface area contributed by atoms with Crippen LogP contribution in [0.15, 0.2) is 24.3 Å². The first-order chi connectivity index (χ1) is 14.3. The number of ether oxygens (including phenoxy) is 2. The fourth-order valence-electron chi connectivity index (χ4n) is 4.16. The van der Waals surface area contributed by atoms with E-state index in [0.29, 0.717) is 36.9 Å². The van der Waals surface area contributed by atoms with E-state index in [1.807, 2.05) is 0 Å². The van der Waals surface area contributed by atoms with Crippen molar-refractivity contribution < 1.29 is 19.1 Å². The van der Waals surface area contributed by atoms with E-state index in [2.05, 4.69) is 41.5 Å². The van der Waals surface area contributed by atoms with E-state index in [1.54, 1.807) is 24.3 Å². The Hall–Kier alpha value is -1.84. The Kier molecular flexibility index (Phi) is 12.4. The third-order valence-electron chi connectivity index (χ3n) is 5.54. The number of benzene rings is 1. The highest BCUT2D eigenvalue weighted by atomic mass is 16.5. The van der Waals surface area contributed by atoms with Crippen LogP contribution in [-0.4, -0.2) is 25.2 Å². The van der Waals surface area contributed by atoms with Crippen molar-refractivity contribution in [2.45, 2.75) is 80.1 Å². The summed E-state index contributed by atoms with van der Waals surface area (Å²) in [7, 11) is 0. The average Bonchev–Trinajstić information content (AvgIpc) is 2.70. The van der Waals surface area contributed by atoms with Gasteiger partial charge in [-0.25, -0.2) is 9.59 Å². The largest absolute Gasteiger partial charge is 0.462 e. The van der Waals surface area contributed by atoms with Crippen LogP contribution in [0, 0.1) is 23.7 Å². The SMILES string of the molecule is CCCC(C)CC(C)COC(=O)c1ccccc1C(=O)OCC(C)CC(C)CCC. The molecule has 0 amide bonds. The van der Waals surface area contributed by atoms with Gasteiger partial charge in [0.2, 0.25) is 0 Å². The quantitative estimate of drug-likeness (QED) is 0.308. The Morgan fingerprint density at radius 1 is 0.700 bits per heavy atom. The second kappa shape index (κ2) is 14.2. The number of carbonyl (C=O) groups is 2. The molecule has 170 valence electrons. The molecule has 0 aliphatic carbocycles. The third kappa shape index (κ3) is 9.77. The van der Waals surface area contributed by atoms with Crippen molar-refractivity contribution in [3.05, 3.63) is 35.4 Å². The zero-order valence-corrected chi connectivity index (χ0v) is 19.9. The van der Waals surface area contributed by atoms with Crippen LogP contribution in [0.5, 0.6) is 0 Å². The lowest BCUT2D eigenvalue weighted by Gasteiger charge is -2.18. The highest BCUT2D eigenvalue weighted by Gasteiger charge is 2.21. The van der Waals surface area contributed by atoms with Crippen LogP contribution < -0.4 is 0 Å². The third-order valence-corrected chi connectivity index (χ3v) is 5.54. The zero-order chi connectivity index (χ0) is 22.5. The number of carbonyl (C=O) groups excluding carboxylic acids is 2. The first-order valence-electron chi connectivity index (χ1n) is 11.7. The molecule has 0 aliphatic rings. The predicted octanol–water partition coefficient (Wildman–Crippen LogP) is 6.93. The van der Waals surface area contributed by atoms with Crippen molar-refractivity contribution >= 4 is 11.9 Å². The molecule has 4 unspecified atom stereocenters. The van der Waals surface area contributed by atoms with Crippen LogP contribution in [0.2, 0.25) is 0 Å². The van der Waals surface area contributed by atoms with Crippen molar-refractivity contribution in [3.8, 4) is 0 Å². The summed E-state index contributed by atoms with van der Waals surface area (Å²) < 4.78 is 11.0. The topological polar surface area (TPSA) is 52.6 Å². The smallest absolute Gasteiger partial charge is 0.339 e. The summed E-state index contributed by atoms with van der Waals surface area (Å²) in [6.45, 7) is 13.8. The normalized spacial score (nSPS) is 15.1. The molecular formula is C26H42O4. The van der Waals surface area contributed by atoms with Crippen molar-refractivity contribution in [1.29, 1.82) is 0 Å². The molecule has 0 N–H and O–H groups in total. The molecule has 0 fully saturated rings. The van der Waals surface area contributed by atoms with Gasteiger partial charge in [0.05, 0.1) is 24.3 Å². The van der Waals surface area contributed by atoms with Crippen molar-refractivity contribution in [1.82, 2.24) is 0 Å². The molecule has 0 spiro atoms. The van der Waals surface area contributed by atoms with Crippen molar-refractivity contribution in [2.75, 3.05) is 13.2 Å². The highest BCUT2D eigenvalue weighted by Crippen LogP contribution is 2.20. The van der Waals surface area contributed by atoms with E-state index in [9.17, 15) is 9.59 Å². The lowest BCUT2D eigenvalue weighted by molar-refractivity contribution is 0.0388. The summed E-state index contributed by atoms with van der Waals surface area (Å²) in [5, 5.41) is 0. The summed E-state index contributed by atoms with van der Waals surface area (Å²) in [6, 6.07) is 6.76. The zero-order valence-electron chi connectivity index (χ0n) is 19.9. The van der Waals surface area contributed by atoms with Gasteiger partial charge in [-0.2, -0.15) is 0 Å². The molecule has 1 aromatic rings. The first kappa shape index (κ1) is 26.2. The molecule has 4 nitrogen and oxygen atoms in total. The van der Waals surface area contributed by atoms with Gasteiger partial charge in [-0.3, -0.25) is 0 Å². The summed E-state index contributed by atoms with van der Waals surface area (Å²) in [6.07, 6.45) is 6.75. The van der Waals surface area contributed by atoms with Gasteiger partial charge in [0.15, 0.2) is 0 Å². The minimum Gasteiger partial charge on any atom is -0.462 e. The van der Waals surface area contributed by atoms with E-state index in [0.717, 1.165) is 12.8 Å². The van der Waals surface area contributed by atoms with Gasteiger partial charge in [0.1, 0.15) is 0 Å². The van der Waals surface area contributed by atoms with Crippen LogP contribution in [0.4, 0.5) is 0 Å². The molecule has 0 aromatic heterocycles. The lowest BCUT2D eigenvalue weighted by Crippen LogP contribution is -2.19.